The summed E-state index contributed by atoms with van der Waals surface area (Å²) in [4.78, 5) is 8.02. The van der Waals surface area contributed by atoms with Crippen LogP contribution in [0.2, 0.25) is 0 Å². The highest BCUT2D eigenvalue weighted by atomic mass is 32.1. The largest absolute Gasteiger partial charge is 0.359 e. The number of halogens is 1. The summed E-state index contributed by atoms with van der Waals surface area (Å²) < 4.78 is 13.6. The Morgan fingerprint density at radius 3 is 2.90 bits per heavy atom. The average Bonchev–Trinajstić information content (AvgIpc) is 3.19. The normalized spacial score (nSPS) is 20.2. The molecule has 20 heavy (non-hydrogen) atoms. The van der Waals surface area contributed by atoms with Crippen molar-refractivity contribution in [2.75, 3.05) is 5.32 Å². The van der Waals surface area contributed by atoms with Crippen LogP contribution >= 0.6 is 12.2 Å². The fraction of sp³-hybridized carbons (Fsp3) is 0.214. The first-order valence-corrected chi connectivity index (χ1v) is 6.73. The predicted molar refractivity (Wildman–Crippen MR) is 78.9 cm³/mol. The van der Waals surface area contributed by atoms with Gasteiger partial charge in [0.25, 0.3) is 0 Å². The molecular weight excluding hydrogens is 275 g/mol. The van der Waals surface area contributed by atoms with Gasteiger partial charge in [0.1, 0.15) is 5.82 Å². The Labute approximate surface area is 121 Å². The van der Waals surface area contributed by atoms with Gasteiger partial charge in [-0.15, -0.1) is 0 Å². The van der Waals surface area contributed by atoms with Gasteiger partial charge in [-0.05, 0) is 30.3 Å². The zero-order chi connectivity index (χ0) is 13.9. The van der Waals surface area contributed by atoms with Gasteiger partial charge in [-0.3, -0.25) is 4.98 Å². The lowest BCUT2D eigenvalue weighted by Crippen LogP contribution is -2.31. The number of aromatic nitrogens is 2. The molecule has 1 heterocycles. The fourth-order valence-corrected chi connectivity index (χ4v) is 2.41. The van der Waals surface area contributed by atoms with Crippen LogP contribution in [0.25, 0.3) is 0 Å². The van der Waals surface area contributed by atoms with E-state index >= 15 is 0 Å². The minimum Gasteiger partial charge on any atom is -0.359 e. The van der Waals surface area contributed by atoms with Gasteiger partial charge < -0.3 is 10.6 Å². The van der Waals surface area contributed by atoms with Crippen LogP contribution in [0, 0.1) is 5.82 Å². The SMILES string of the molecule is Fc1ccccc1C1CC1NC(=S)Nc1cnccn1. The third-order valence-electron chi connectivity index (χ3n) is 3.22. The number of nitrogens with one attached hydrogen (secondary N) is 2. The summed E-state index contributed by atoms with van der Waals surface area (Å²) in [5.41, 5.74) is 0.743. The van der Waals surface area contributed by atoms with E-state index in [0.717, 1.165) is 12.0 Å². The number of anilines is 1. The van der Waals surface area contributed by atoms with E-state index in [2.05, 4.69) is 20.6 Å². The van der Waals surface area contributed by atoms with Crippen LogP contribution in [-0.4, -0.2) is 21.1 Å². The van der Waals surface area contributed by atoms with E-state index in [1.165, 1.54) is 6.07 Å². The molecule has 2 aromatic rings. The summed E-state index contributed by atoms with van der Waals surface area (Å²) in [6.07, 6.45) is 5.65. The molecule has 2 N–H and O–H groups in total. The Morgan fingerprint density at radius 1 is 1.30 bits per heavy atom. The molecule has 1 fully saturated rings. The maximum Gasteiger partial charge on any atom is 0.172 e. The van der Waals surface area contributed by atoms with Crippen molar-refractivity contribution in [2.45, 2.75) is 18.4 Å². The molecular formula is C14H13FN4S. The van der Waals surface area contributed by atoms with Crippen LogP contribution in [0.15, 0.2) is 42.9 Å². The zero-order valence-corrected chi connectivity index (χ0v) is 11.4. The first-order valence-electron chi connectivity index (χ1n) is 6.32. The number of nitrogens with zero attached hydrogens (tertiary/aromatic N) is 2. The lowest BCUT2D eigenvalue weighted by atomic mass is 10.1. The smallest absolute Gasteiger partial charge is 0.172 e. The van der Waals surface area contributed by atoms with E-state index in [1.54, 1.807) is 24.7 Å². The quantitative estimate of drug-likeness (QED) is 0.850. The Morgan fingerprint density at radius 2 is 2.15 bits per heavy atom. The van der Waals surface area contributed by atoms with Gasteiger partial charge in [0.15, 0.2) is 10.9 Å². The van der Waals surface area contributed by atoms with Crippen LogP contribution < -0.4 is 10.6 Å². The van der Waals surface area contributed by atoms with Crippen molar-refractivity contribution >= 4 is 23.1 Å². The molecule has 0 bridgehead atoms. The van der Waals surface area contributed by atoms with Crippen molar-refractivity contribution in [1.82, 2.24) is 15.3 Å². The van der Waals surface area contributed by atoms with Crippen molar-refractivity contribution in [3.63, 3.8) is 0 Å². The molecule has 0 amide bonds. The summed E-state index contributed by atoms with van der Waals surface area (Å²) in [6.45, 7) is 0. The maximum absolute atomic E-state index is 13.6. The third kappa shape index (κ3) is 2.91. The number of hydrogen-bond acceptors (Lipinski definition) is 3. The van der Waals surface area contributed by atoms with Crippen LogP contribution in [0.1, 0.15) is 17.9 Å². The van der Waals surface area contributed by atoms with Crippen molar-refractivity contribution in [3.05, 3.63) is 54.2 Å². The molecule has 2 unspecified atom stereocenters. The van der Waals surface area contributed by atoms with Crippen LogP contribution in [0.4, 0.5) is 10.2 Å². The van der Waals surface area contributed by atoms with Crippen molar-refractivity contribution in [3.8, 4) is 0 Å². The number of benzene rings is 1. The Kier molecular flexibility index (Phi) is 3.56. The van der Waals surface area contributed by atoms with Crippen molar-refractivity contribution in [2.24, 2.45) is 0 Å². The highest BCUT2D eigenvalue weighted by Crippen LogP contribution is 2.41. The van der Waals surface area contributed by atoms with Gasteiger partial charge in [0, 0.05) is 24.4 Å². The molecule has 1 saturated carbocycles. The molecule has 4 nitrogen and oxygen atoms in total. The zero-order valence-electron chi connectivity index (χ0n) is 10.6. The van der Waals surface area contributed by atoms with E-state index in [9.17, 15) is 4.39 Å². The second-order valence-corrected chi connectivity index (χ2v) is 5.07. The monoisotopic (exact) mass is 288 g/mol. The van der Waals surface area contributed by atoms with E-state index in [-0.39, 0.29) is 17.8 Å². The molecule has 1 aromatic carbocycles. The standard InChI is InChI=1S/C14H13FN4S/c15-11-4-2-1-3-9(11)10-7-12(10)18-14(20)19-13-8-16-5-6-17-13/h1-6,8,10,12H,7H2,(H2,17,18,19,20). The molecule has 0 saturated heterocycles. The van der Waals surface area contributed by atoms with Gasteiger partial charge in [0.05, 0.1) is 6.20 Å². The predicted octanol–water partition coefficient (Wildman–Crippen LogP) is 2.46. The maximum atomic E-state index is 13.6. The lowest BCUT2D eigenvalue weighted by Gasteiger charge is -2.09. The molecule has 3 rings (SSSR count). The topological polar surface area (TPSA) is 49.8 Å². The van der Waals surface area contributed by atoms with E-state index in [0.29, 0.717) is 10.9 Å². The second-order valence-electron chi connectivity index (χ2n) is 4.66. The summed E-state index contributed by atoms with van der Waals surface area (Å²) >= 11 is 5.20. The van der Waals surface area contributed by atoms with Gasteiger partial charge in [-0.2, -0.15) is 0 Å². The summed E-state index contributed by atoms with van der Waals surface area (Å²) in [5, 5.41) is 6.60. The van der Waals surface area contributed by atoms with Crippen LogP contribution in [-0.2, 0) is 0 Å². The van der Waals surface area contributed by atoms with Crippen molar-refractivity contribution in [1.29, 1.82) is 0 Å². The fourth-order valence-electron chi connectivity index (χ4n) is 2.16. The first-order chi connectivity index (χ1) is 9.74. The molecule has 1 aliphatic rings. The Bertz CT molecular complexity index is 620. The first kappa shape index (κ1) is 12.9. The van der Waals surface area contributed by atoms with Crippen LogP contribution in [0.5, 0.6) is 0 Å². The van der Waals surface area contributed by atoms with E-state index in [1.807, 2.05) is 12.1 Å². The van der Waals surface area contributed by atoms with E-state index < -0.39 is 0 Å². The highest BCUT2D eigenvalue weighted by molar-refractivity contribution is 7.80. The van der Waals surface area contributed by atoms with Crippen LogP contribution in [0.3, 0.4) is 0 Å². The third-order valence-corrected chi connectivity index (χ3v) is 3.44. The number of thiocarbonyl (C=S) groups is 1. The molecule has 102 valence electrons. The molecule has 1 aliphatic carbocycles. The summed E-state index contributed by atoms with van der Waals surface area (Å²) in [5.74, 6) is 0.612. The van der Waals surface area contributed by atoms with Gasteiger partial charge >= 0.3 is 0 Å². The minimum atomic E-state index is -0.158. The molecule has 0 spiro atoms. The lowest BCUT2D eigenvalue weighted by molar-refractivity contribution is 0.608. The van der Waals surface area contributed by atoms with Crippen molar-refractivity contribution < 1.29 is 4.39 Å². The Hall–Kier alpha value is -2.08. The summed E-state index contributed by atoms with van der Waals surface area (Å²) in [7, 11) is 0. The summed E-state index contributed by atoms with van der Waals surface area (Å²) in [6, 6.07) is 7.03. The van der Waals surface area contributed by atoms with Gasteiger partial charge in [0.2, 0.25) is 0 Å². The minimum absolute atomic E-state index is 0.158. The number of hydrogen-bond donors (Lipinski definition) is 2. The molecule has 2 atom stereocenters. The van der Waals surface area contributed by atoms with E-state index in [4.69, 9.17) is 12.2 Å². The molecule has 1 aromatic heterocycles. The van der Waals surface area contributed by atoms with Gasteiger partial charge in [-0.25, -0.2) is 9.37 Å². The van der Waals surface area contributed by atoms with Gasteiger partial charge in [-0.1, -0.05) is 18.2 Å². The molecule has 6 heteroatoms. The number of rotatable bonds is 3. The molecule has 0 aliphatic heterocycles. The molecule has 0 radical (unpaired) electrons. The highest BCUT2D eigenvalue weighted by Gasteiger charge is 2.40. The Balaban J connectivity index is 1.56. The second kappa shape index (κ2) is 5.50. The average molecular weight is 288 g/mol.